The second-order valence-electron chi connectivity index (χ2n) is 9.21. The molecule has 0 saturated heterocycles. The van der Waals surface area contributed by atoms with Gasteiger partial charge < -0.3 is 4.90 Å². The first-order chi connectivity index (χ1) is 12.7. The number of hydrogen-bond donors (Lipinski definition) is 0. The molecule has 0 spiro atoms. The van der Waals surface area contributed by atoms with Crippen molar-refractivity contribution in [2.75, 3.05) is 6.54 Å². The Morgan fingerprint density at radius 3 is 2.54 bits per heavy atom. The summed E-state index contributed by atoms with van der Waals surface area (Å²) >= 11 is 0. The van der Waals surface area contributed by atoms with Gasteiger partial charge in [-0.3, -0.25) is 9.48 Å². The summed E-state index contributed by atoms with van der Waals surface area (Å²) in [5.41, 5.74) is 1.80. The van der Waals surface area contributed by atoms with Crippen LogP contribution in [0.5, 0.6) is 0 Å². The van der Waals surface area contributed by atoms with E-state index in [0.29, 0.717) is 18.7 Å². The maximum Gasteiger partial charge on any atom is 0.274 e. The Balaban J connectivity index is 1.47. The molecule has 2 heterocycles. The lowest BCUT2D eigenvalue weighted by molar-refractivity contribution is -0.0742. The Bertz CT molecular complexity index is 700. The number of hydrogen-bond acceptors (Lipinski definition) is 3. The molecule has 0 aromatic carbocycles. The maximum atomic E-state index is 13.5. The van der Waals surface area contributed by atoms with Crippen molar-refractivity contribution < 1.29 is 4.79 Å². The Morgan fingerprint density at radius 1 is 1.23 bits per heavy atom. The Hall–Kier alpha value is -1.83. The molecule has 6 rings (SSSR count). The number of carbonyl (C=O) groups excluding carboxylic acids is 1. The molecule has 5 aliphatic rings. The van der Waals surface area contributed by atoms with E-state index in [1.54, 1.807) is 0 Å². The SMILES string of the molecule is N#CCCN(C(=O)c1cc2n(n1)CCCC2)C12CC3CC(CC(C3)C1)C2. The largest absolute Gasteiger partial charge is 0.331 e. The predicted molar refractivity (Wildman–Crippen MR) is 97.3 cm³/mol. The van der Waals surface area contributed by atoms with Crippen LogP contribution in [0.15, 0.2) is 6.07 Å². The maximum absolute atomic E-state index is 13.5. The third-order valence-electron chi connectivity index (χ3n) is 7.41. The highest BCUT2D eigenvalue weighted by Gasteiger charge is 2.54. The Morgan fingerprint density at radius 2 is 1.92 bits per heavy atom. The molecule has 0 unspecified atom stereocenters. The fourth-order valence-corrected chi connectivity index (χ4v) is 6.77. The molecule has 0 atom stereocenters. The van der Waals surface area contributed by atoms with Crippen LogP contribution in [0, 0.1) is 29.1 Å². The van der Waals surface area contributed by atoms with Crippen molar-refractivity contribution in [1.29, 1.82) is 5.26 Å². The summed E-state index contributed by atoms with van der Waals surface area (Å²) in [7, 11) is 0. The Kier molecular flexibility index (Phi) is 3.84. The monoisotopic (exact) mass is 352 g/mol. The molecule has 4 saturated carbocycles. The summed E-state index contributed by atoms with van der Waals surface area (Å²) in [6.07, 6.45) is 11.3. The smallest absolute Gasteiger partial charge is 0.274 e. The summed E-state index contributed by atoms with van der Waals surface area (Å²) in [6.45, 7) is 1.49. The van der Waals surface area contributed by atoms with Gasteiger partial charge in [0.05, 0.1) is 12.5 Å². The van der Waals surface area contributed by atoms with E-state index in [1.807, 2.05) is 10.7 Å². The molecule has 1 aromatic heterocycles. The first kappa shape index (κ1) is 16.4. The second kappa shape index (κ2) is 6.11. The van der Waals surface area contributed by atoms with Crippen molar-refractivity contribution in [3.8, 4) is 6.07 Å². The molecule has 4 bridgehead atoms. The van der Waals surface area contributed by atoms with E-state index < -0.39 is 0 Å². The lowest BCUT2D eigenvalue weighted by Crippen LogP contribution is -2.61. The summed E-state index contributed by atoms with van der Waals surface area (Å²) < 4.78 is 2.03. The van der Waals surface area contributed by atoms with Gasteiger partial charge in [-0.25, -0.2) is 0 Å². The van der Waals surface area contributed by atoms with Crippen molar-refractivity contribution in [3.05, 3.63) is 17.5 Å². The number of aromatic nitrogens is 2. The molecule has 138 valence electrons. The average molecular weight is 352 g/mol. The first-order valence-corrected chi connectivity index (χ1v) is 10.4. The minimum absolute atomic E-state index is 0.00714. The molecule has 1 aromatic rings. The fraction of sp³-hybridized carbons (Fsp3) is 0.762. The molecule has 4 fully saturated rings. The highest BCUT2D eigenvalue weighted by atomic mass is 16.2. The van der Waals surface area contributed by atoms with Gasteiger partial charge in [-0.15, -0.1) is 0 Å². The number of aryl methyl sites for hydroxylation is 2. The van der Waals surface area contributed by atoms with Gasteiger partial charge in [0.15, 0.2) is 5.69 Å². The van der Waals surface area contributed by atoms with Crippen molar-refractivity contribution in [2.24, 2.45) is 17.8 Å². The van der Waals surface area contributed by atoms with E-state index in [0.717, 1.165) is 56.4 Å². The molecular weight excluding hydrogens is 324 g/mol. The van der Waals surface area contributed by atoms with E-state index in [4.69, 9.17) is 0 Å². The van der Waals surface area contributed by atoms with Gasteiger partial charge in [0.2, 0.25) is 0 Å². The van der Waals surface area contributed by atoms with E-state index in [1.165, 1.54) is 31.4 Å². The van der Waals surface area contributed by atoms with Crippen LogP contribution in [0.3, 0.4) is 0 Å². The van der Waals surface area contributed by atoms with Crippen LogP contribution in [-0.2, 0) is 13.0 Å². The minimum Gasteiger partial charge on any atom is -0.331 e. The van der Waals surface area contributed by atoms with Crippen molar-refractivity contribution in [1.82, 2.24) is 14.7 Å². The van der Waals surface area contributed by atoms with E-state index >= 15 is 0 Å². The lowest BCUT2D eigenvalue weighted by atomic mass is 9.52. The zero-order valence-corrected chi connectivity index (χ0v) is 15.5. The Labute approximate surface area is 155 Å². The van der Waals surface area contributed by atoms with Gasteiger partial charge in [-0.05, 0) is 81.6 Å². The van der Waals surface area contributed by atoms with Crippen LogP contribution in [-0.4, -0.2) is 32.7 Å². The second-order valence-corrected chi connectivity index (χ2v) is 9.21. The van der Waals surface area contributed by atoms with E-state index in [2.05, 4.69) is 16.1 Å². The molecule has 1 amide bonds. The van der Waals surface area contributed by atoms with Crippen molar-refractivity contribution in [2.45, 2.75) is 76.3 Å². The number of amides is 1. The van der Waals surface area contributed by atoms with Crippen LogP contribution in [0.25, 0.3) is 0 Å². The highest BCUT2D eigenvalue weighted by molar-refractivity contribution is 5.93. The van der Waals surface area contributed by atoms with Gasteiger partial charge in [0.1, 0.15) is 0 Å². The number of nitrogens with zero attached hydrogens (tertiary/aromatic N) is 4. The average Bonchev–Trinajstić information content (AvgIpc) is 3.05. The number of nitriles is 1. The van der Waals surface area contributed by atoms with Crippen LogP contribution in [0.1, 0.15) is 74.0 Å². The van der Waals surface area contributed by atoms with Crippen LogP contribution in [0.2, 0.25) is 0 Å². The molecule has 5 heteroatoms. The highest BCUT2D eigenvalue weighted by Crippen LogP contribution is 2.58. The van der Waals surface area contributed by atoms with Crippen LogP contribution >= 0.6 is 0 Å². The van der Waals surface area contributed by atoms with Gasteiger partial charge in [0, 0.05) is 24.3 Å². The third-order valence-corrected chi connectivity index (χ3v) is 7.41. The topological polar surface area (TPSA) is 61.9 Å². The molecule has 0 radical (unpaired) electrons. The zero-order valence-electron chi connectivity index (χ0n) is 15.5. The first-order valence-electron chi connectivity index (χ1n) is 10.4. The number of carbonyl (C=O) groups is 1. The molecule has 1 aliphatic heterocycles. The zero-order chi connectivity index (χ0) is 17.7. The van der Waals surface area contributed by atoms with Gasteiger partial charge >= 0.3 is 0 Å². The minimum atomic E-state index is -0.00714. The quantitative estimate of drug-likeness (QED) is 0.832. The molecule has 26 heavy (non-hydrogen) atoms. The number of fused-ring (bicyclic) bond motifs is 1. The van der Waals surface area contributed by atoms with Gasteiger partial charge in [0.25, 0.3) is 5.91 Å². The van der Waals surface area contributed by atoms with Gasteiger partial charge in [-0.1, -0.05) is 0 Å². The van der Waals surface area contributed by atoms with Crippen LogP contribution in [0.4, 0.5) is 0 Å². The van der Waals surface area contributed by atoms with Gasteiger partial charge in [-0.2, -0.15) is 10.4 Å². The van der Waals surface area contributed by atoms with Crippen LogP contribution < -0.4 is 0 Å². The van der Waals surface area contributed by atoms with E-state index in [-0.39, 0.29) is 11.4 Å². The lowest BCUT2D eigenvalue weighted by Gasteiger charge is -2.60. The normalized spacial score (nSPS) is 34.3. The molecule has 0 N–H and O–H groups in total. The van der Waals surface area contributed by atoms with E-state index in [9.17, 15) is 10.1 Å². The summed E-state index contributed by atoms with van der Waals surface area (Å²) in [5, 5.41) is 13.8. The summed E-state index contributed by atoms with van der Waals surface area (Å²) in [6, 6.07) is 4.28. The van der Waals surface area contributed by atoms with Crippen molar-refractivity contribution >= 4 is 5.91 Å². The predicted octanol–water partition coefficient (Wildman–Crippen LogP) is 3.54. The molecule has 4 aliphatic carbocycles. The summed E-state index contributed by atoms with van der Waals surface area (Å²) in [5.74, 6) is 2.43. The fourth-order valence-electron chi connectivity index (χ4n) is 6.77. The van der Waals surface area contributed by atoms with Crippen molar-refractivity contribution in [3.63, 3.8) is 0 Å². The number of rotatable bonds is 4. The third kappa shape index (κ3) is 2.57. The standard InChI is InChI=1S/C21H28N4O/c22-5-3-6-24(20(26)19-11-18-4-1-2-7-25(18)23-19)21-12-15-8-16(13-21)10-17(9-15)14-21/h11,15-17H,1-4,6-10,12-14H2. The molecule has 5 nitrogen and oxygen atoms in total. The molecular formula is C21H28N4O. The summed E-state index contributed by atoms with van der Waals surface area (Å²) in [4.78, 5) is 15.6.